The third-order valence-electron chi connectivity index (χ3n) is 4.37. The number of aliphatic carboxylic acids is 1. The van der Waals surface area contributed by atoms with E-state index in [1.165, 1.54) is 4.90 Å². The molecule has 2 aromatic rings. The number of aryl methyl sites for hydroxylation is 2. The van der Waals surface area contributed by atoms with Crippen LogP contribution in [0.1, 0.15) is 39.9 Å². The minimum atomic E-state index is -0.991. The molecule has 0 radical (unpaired) electrons. The number of benzene rings is 1. The average molecular weight is 354 g/mol. The minimum absolute atomic E-state index is 0.0423. The van der Waals surface area contributed by atoms with E-state index in [-0.39, 0.29) is 18.5 Å². The van der Waals surface area contributed by atoms with Crippen LogP contribution in [0.3, 0.4) is 0 Å². The van der Waals surface area contributed by atoms with Gasteiger partial charge in [0.05, 0.1) is 0 Å². The van der Waals surface area contributed by atoms with Crippen LogP contribution in [0, 0.1) is 13.8 Å². The number of nitrogens with zero attached hydrogens (tertiary/aromatic N) is 2. The average Bonchev–Trinajstić information content (AvgIpc) is 3.44. The lowest BCUT2D eigenvalue weighted by Gasteiger charge is -2.21. The molecule has 0 bridgehead atoms. The number of hydrogen-bond donors (Lipinski definition) is 1. The van der Waals surface area contributed by atoms with Crippen LogP contribution >= 0.6 is 0 Å². The van der Waals surface area contributed by atoms with Crippen LogP contribution in [0.15, 0.2) is 36.7 Å². The van der Waals surface area contributed by atoms with E-state index in [0.717, 1.165) is 35.3 Å². The van der Waals surface area contributed by atoms with Crippen molar-refractivity contribution in [1.29, 1.82) is 0 Å². The standard InChI is InChI=1S/C20H22N2O4/c1-13-8-16(20(25)22(11-18(23)24)17-5-6-17)9-14(2)19(13)26-12-15-4-3-7-21-10-15/h3-4,7-10,17H,5-6,11-12H2,1-2H3,(H,23,24). The maximum absolute atomic E-state index is 12.8. The molecule has 1 amide bonds. The van der Waals surface area contributed by atoms with Crippen molar-refractivity contribution >= 4 is 11.9 Å². The van der Waals surface area contributed by atoms with Crippen molar-refractivity contribution < 1.29 is 19.4 Å². The number of pyridine rings is 1. The van der Waals surface area contributed by atoms with Gasteiger partial charge in [-0.05, 0) is 56.0 Å². The van der Waals surface area contributed by atoms with Crippen LogP contribution in [0.5, 0.6) is 5.75 Å². The Balaban J connectivity index is 1.77. The van der Waals surface area contributed by atoms with Crippen molar-refractivity contribution in [3.05, 3.63) is 58.9 Å². The number of ether oxygens (including phenoxy) is 1. The van der Waals surface area contributed by atoms with E-state index in [0.29, 0.717) is 12.2 Å². The smallest absolute Gasteiger partial charge is 0.323 e. The molecule has 0 aliphatic heterocycles. The maximum atomic E-state index is 12.8. The van der Waals surface area contributed by atoms with Gasteiger partial charge < -0.3 is 14.7 Å². The lowest BCUT2D eigenvalue weighted by atomic mass is 10.0. The van der Waals surface area contributed by atoms with Crippen molar-refractivity contribution in [2.45, 2.75) is 39.3 Å². The summed E-state index contributed by atoms with van der Waals surface area (Å²) in [6, 6.07) is 7.38. The molecule has 6 heteroatoms. The first kappa shape index (κ1) is 17.9. The van der Waals surface area contributed by atoms with Crippen LogP contribution in [0.4, 0.5) is 0 Å². The highest BCUT2D eigenvalue weighted by molar-refractivity contribution is 5.97. The Kier molecular flexibility index (Phi) is 5.21. The Bertz CT molecular complexity index is 793. The van der Waals surface area contributed by atoms with E-state index in [4.69, 9.17) is 9.84 Å². The molecule has 1 aromatic heterocycles. The van der Waals surface area contributed by atoms with Gasteiger partial charge in [-0.1, -0.05) is 6.07 Å². The van der Waals surface area contributed by atoms with Crippen molar-refractivity contribution in [2.75, 3.05) is 6.54 Å². The van der Waals surface area contributed by atoms with Crippen LogP contribution < -0.4 is 4.74 Å². The zero-order valence-electron chi connectivity index (χ0n) is 14.9. The number of carboxylic acid groups (broad SMARTS) is 1. The first-order valence-corrected chi connectivity index (χ1v) is 8.61. The first-order valence-electron chi connectivity index (χ1n) is 8.61. The molecule has 26 heavy (non-hydrogen) atoms. The van der Waals surface area contributed by atoms with E-state index in [9.17, 15) is 9.59 Å². The third-order valence-corrected chi connectivity index (χ3v) is 4.37. The monoisotopic (exact) mass is 354 g/mol. The van der Waals surface area contributed by atoms with Crippen molar-refractivity contribution in [2.24, 2.45) is 0 Å². The van der Waals surface area contributed by atoms with E-state index >= 15 is 0 Å². The highest BCUT2D eigenvalue weighted by atomic mass is 16.5. The molecule has 0 atom stereocenters. The number of amides is 1. The lowest BCUT2D eigenvalue weighted by molar-refractivity contribution is -0.137. The van der Waals surface area contributed by atoms with Gasteiger partial charge in [0.2, 0.25) is 0 Å². The predicted octanol–water partition coefficient (Wildman–Crippen LogP) is 2.97. The van der Waals surface area contributed by atoms with E-state index < -0.39 is 5.97 Å². The summed E-state index contributed by atoms with van der Waals surface area (Å²) >= 11 is 0. The van der Waals surface area contributed by atoms with Crippen LogP contribution in [-0.4, -0.2) is 39.5 Å². The molecule has 0 spiro atoms. The fourth-order valence-electron chi connectivity index (χ4n) is 3.00. The van der Waals surface area contributed by atoms with Crippen molar-refractivity contribution in [3.8, 4) is 5.75 Å². The van der Waals surface area contributed by atoms with Gasteiger partial charge in [-0.25, -0.2) is 0 Å². The zero-order chi connectivity index (χ0) is 18.7. The summed E-state index contributed by atoms with van der Waals surface area (Å²) in [6.45, 7) is 3.92. The molecule has 0 unspecified atom stereocenters. The van der Waals surface area contributed by atoms with Gasteiger partial charge in [0, 0.05) is 29.6 Å². The summed E-state index contributed by atoms with van der Waals surface area (Å²) < 4.78 is 5.91. The number of carbonyl (C=O) groups is 2. The van der Waals surface area contributed by atoms with Gasteiger partial charge >= 0.3 is 5.97 Å². The molecule has 1 N–H and O–H groups in total. The van der Waals surface area contributed by atoms with E-state index in [1.807, 2.05) is 26.0 Å². The van der Waals surface area contributed by atoms with E-state index in [1.54, 1.807) is 24.5 Å². The highest BCUT2D eigenvalue weighted by Gasteiger charge is 2.34. The maximum Gasteiger partial charge on any atom is 0.323 e. The second kappa shape index (κ2) is 7.56. The Hall–Kier alpha value is -2.89. The van der Waals surface area contributed by atoms with Gasteiger partial charge in [0.25, 0.3) is 5.91 Å². The fraction of sp³-hybridized carbons (Fsp3) is 0.350. The Labute approximate surface area is 152 Å². The molecule has 1 aliphatic rings. The van der Waals surface area contributed by atoms with Crippen LogP contribution in [0.25, 0.3) is 0 Å². The number of rotatable bonds is 7. The first-order chi connectivity index (χ1) is 12.5. The highest BCUT2D eigenvalue weighted by Crippen LogP contribution is 2.30. The third kappa shape index (κ3) is 4.20. The molecule has 1 aliphatic carbocycles. The molecule has 6 nitrogen and oxygen atoms in total. The molecule has 1 saturated carbocycles. The SMILES string of the molecule is Cc1cc(C(=O)N(CC(=O)O)C2CC2)cc(C)c1OCc1cccnc1. The topological polar surface area (TPSA) is 79.7 Å². The van der Waals surface area contributed by atoms with E-state index in [2.05, 4.69) is 4.98 Å². The summed E-state index contributed by atoms with van der Waals surface area (Å²) in [5, 5.41) is 9.07. The summed E-state index contributed by atoms with van der Waals surface area (Å²) in [5.41, 5.74) is 3.17. The van der Waals surface area contributed by atoms with Gasteiger partial charge in [0.15, 0.2) is 0 Å². The molecule has 0 saturated heterocycles. The number of carboxylic acids is 1. The largest absolute Gasteiger partial charge is 0.488 e. The number of hydrogen-bond acceptors (Lipinski definition) is 4. The summed E-state index contributed by atoms with van der Waals surface area (Å²) in [7, 11) is 0. The van der Waals surface area contributed by atoms with Crippen molar-refractivity contribution in [1.82, 2.24) is 9.88 Å². The molecule has 1 heterocycles. The molecular formula is C20H22N2O4. The number of aromatic nitrogens is 1. The molecule has 1 fully saturated rings. The fourth-order valence-corrected chi connectivity index (χ4v) is 3.00. The summed E-state index contributed by atoms with van der Waals surface area (Å²) in [4.78, 5) is 29.4. The second-order valence-electron chi connectivity index (χ2n) is 6.65. The Morgan fingerprint density at radius 3 is 2.50 bits per heavy atom. The predicted molar refractivity (Wildman–Crippen MR) is 96.2 cm³/mol. The molecular weight excluding hydrogens is 332 g/mol. The Morgan fingerprint density at radius 1 is 1.27 bits per heavy atom. The van der Waals surface area contributed by atoms with Gasteiger partial charge in [0.1, 0.15) is 18.9 Å². The van der Waals surface area contributed by atoms with Gasteiger partial charge in [-0.3, -0.25) is 14.6 Å². The van der Waals surface area contributed by atoms with Gasteiger partial charge in [-0.2, -0.15) is 0 Å². The van der Waals surface area contributed by atoms with Crippen LogP contribution in [0.2, 0.25) is 0 Å². The minimum Gasteiger partial charge on any atom is -0.488 e. The van der Waals surface area contributed by atoms with Crippen molar-refractivity contribution in [3.63, 3.8) is 0 Å². The Morgan fingerprint density at radius 2 is 1.96 bits per heavy atom. The quantitative estimate of drug-likeness (QED) is 0.827. The second-order valence-corrected chi connectivity index (χ2v) is 6.65. The lowest BCUT2D eigenvalue weighted by Crippen LogP contribution is -2.37. The molecule has 3 rings (SSSR count). The number of carbonyl (C=O) groups excluding carboxylic acids is 1. The summed E-state index contributed by atoms with van der Waals surface area (Å²) in [5.74, 6) is -0.489. The summed E-state index contributed by atoms with van der Waals surface area (Å²) in [6.07, 6.45) is 5.19. The molecule has 1 aromatic carbocycles. The normalized spacial score (nSPS) is 13.3. The zero-order valence-corrected chi connectivity index (χ0v) is 14.9. The van der Waals surface area contributed by atoms with Crippen LogP contribution in [-0.2, 0) is 11.4 Å². The van der Waals surface area contributed by atoms with Gasteiger partial charge in [-0.15, -0.1) is 0 Å². The molecule has 136 valence electrons.